The fourth-order valence-corrected chi connectivity index (χ4v) is 2.21. The van der Waals surface area contributed by atoms with Crippen LogP contribution >= 0.6 is 11.6 Å². The molecule has 1 fully saturated rings. The SMILES string of the molecule is NC1CCC(C(=O)OCc2ccc(Cl)cc2)C1. The molecule has 1 saturated carbocycles. The van der Waals surface area contributed by atoms with Gasteiger partial charge in [0, 0.05) is 11.1 Å². The van der Waals surface area contributed by atoms with Crippen molar-refractivity contribution in [1.82, 2.24) is 0 Å². The molecule has 0 saturated heterocycles. The lowest BCUT2D eigenvalue weighted by Crippen LogP contribution is -2.19. The Morgan fingerprint density at radius 2 is 2.06 bits per heavy atom. The number of hydrogen-bond acceptors (Lipinski definition) is 3. The van der Waals surface area contributed by atoms with Crippen LogP contribution in [0, 0.1) is 5.92 Å². The van der Waals surface area contributed by atoms with Crippen LogP contribution in [0.1, 0.15) is 24.8 Å². The molecule has 3 nitrogen and oxygen atoms in total. The summed E-state index contributed by atoms with van der Waals surface area (Å²) in [6.07, 6.45) is 2.51. The third-order valence-electron chi connectivity index (χ3n) is 3.10. The summed E-state index contributed by atoms with van der Waals surface area (Å²) in [4.78, 5) is 11.7. The van der Waals surface area contributed by atoms with Crippen molar-refractivity contribution in [2.45, 2.75) is 31.9 Å². The molecule has 1 aromatic carbocycles. The highest BCUT2D eigenvalue weighted by Gasteiger charge is 2.28. The standard InChI is InChI=1S/C13H16ClNO2/c14-11-4-1-9(2-5-11)8-17-13(16)10-3-6-12(15)7-10/h1-2,4-5,10,12H,3,6-8,15H2. The molecule has 1 aliphatic rings. The molecule has 4 heteroatoms. The van der Waals surface area contributed by atoms with Crippen molar-refractivity contribution in [1.29, 1.82) is 0 Å². The van der Waals surface area contributed by atoms with E-state index >= 15 is 0 Å². The second-order valence-electron chi connectivity index (χ2n) is 4.50. The minimum Gasteiger partial charge on any atom is -0.461 e. The molecule has 2 N–H and O–H groups in total. The first kappa shape index (κ1) is 12.4. The Balaban J connectivity index is 1.82. The molecular formula is C13H16ClNO2. The van der Waals surface area contributed by atoms with E-state index in [0.717, 1.165) is 24.8 Å². The van der Waals surface area contributed by atoms with Gasteiger partial charge in [0.1, 0.15) is 6.61 Å². The first-order chi connectivity index (χ1) is 8.15. The number of hydrogen-bond donors (Lipinski definition) is 1. The summed E-state index contributed by atoms with van der Waals surface area (Å²) in [5.74, 6) is -0.148. The molecule has 1 aliphatic carbocycles. The summed E-state index contributed by atoms with van der Waals surface area (Å²) in [7, 11) is 0. The fraction of sp³-hybridized carbons (Fsp3) is 0.462. The van der Waals surface area contributed by atoms with E-state index in [9.17, 15) is 4.79 Å². The lowest BCUT2D eigenvalue weighted by Gasteiger charge is -2.10. The van der Waals surface area contributed by atoms with Crippen molar-refractivity contribution >= 4 is 17.6 Å². The Bertz CT molecular complexity index is 391. The summed E-state index contributed by atoms with van der Waals surface area (Å²) in [5, 5.41) is 0.682. The Morgan fingerprint density at radius 3 is 2.65 bits per heavy atom. The van der Waals surface area contributed by atoms with Crippen LogP contribution in [0.25, 0.3) is 0 Å². The number of esters is 1. The third kappa shape index (κ3) is 3.45. The Labute approximate surface area is 106 Å². The Morgan fingerprint density at radius 1 is 1.35 bits per heavy atom. The maximum Gasteiger partial charge on any atom is 0.309 e. The zero-order valence-corrected chi connectivity index (χ0v) is 10.3. The molecule has 92 valence electrons. The minimum atomic E-state index is -0.132. The van der Waals surface area contributed by atoms with Crippen molar-refractivity contribution < 1.29 is 9.53 Å². The van der Waals surface area contributed by atoms with Crippen LogP contribution in [0.3, 0.4) is 0 Å². The number of nitrogens with two attached hydrogens (primary N) is 1. The smallest absolute Gasteiger partial charge is 0.309 e. The van der Waals surface area contributed by atoms with Gasteiger partial charge in [0.15, 0.2) is 0 Å². The largest absolute Gasteiger partial charge is 0.461 e. The molecule has 2 rings (SSSR count). The molecule has 0 heterocycles. The summed E-state index contributed by atoms with van der Waals surface area (Å²) in [6.45, 7) is 0.307. The predicted octanol–water partition coefficient (Wildman–Crippen LogP) is 2.51. The number of carbonyl (C=O) groups is 1. The van der Waals surface area contributed by atoms with Crippen LogP contribution in [-0.2, 0) is 16.1 Å². The van der Waals surface area contributed by atoms with Crippen LogP contribution in [0.15, 0.2) is 24.3 Å². The highest BCUT2D eigenvalue weighted by molar-refractivity contribution is 6.30. The van der Waals surface area contributed by atoms with Gasteiger partial charge in [0.2, 0.25) is 0 Å². The summed E-state index contributed by atoms with van der Waals surface area (Å²) in [5.41, 5.74) is 6.71. The minimum absolute atomic E-state index is 0.0164. The van der Waals surface area contributed by atoms with Gasteiger partial charge in [-0.2, -0.15) is 0 Å². The van der Waals surface area contributed by atoms with Crippen molar-refractivity contribution in [3.05, 3.63) is 34.9 Å². The highest BCUT2D eigenvalue weighted by Crippen LogP contribution is 2.25. The average Bonchev–Trinajstić information content (AvgIpc) is 2.75. The van der Waals surface area contributed by atoms with Gasteiger partial charge in [0.05, 0.1) is 5.92 Å². The second kappa shape index (κ2) is 5.52. The number of carbonyl (C=O) groups excluding carboxylic acids is 1. The molecule has 0 aliphatic heterocycles. The maximum atomic E-state index is 11.7. The summed E-state index contributed by atoms with van der Waals surface area (Å²) in [6, 6.07) is 7.45. The van der Waals surface area contributed by atoms with Gasteiger partial charge in [0.25, 0.3) is 0 Å². The van der Waals surface area contributed by atoms with Gasteiger partial charge in [-0.1, -0.05) is 23.7 Å². The maximum absolute atomic E-state index is 11.7. The molecular weight excluding hydrogens is 238 g/mol. The molecule has 1 aromatic rings. The topological polar surface area (TPSA) is 52.3 Å². The van der Waals surface area contributed by atoms with E-state index in [-0.39, 0.29) is 17.9 Å². The van der Waals surface area contributed by atoms with Crippen LogP contribution in [0.5, 0.6) is 0 Å². The Hall–Kier alpha value is -1.06. The molecule has 17 heavy (non-hydrogen) atoms. The van der Waals surface area contributed by atoms with Crippen molar-refractivity contribution in [2.75, 3.05) is 0 Å². The van der Waals surface area contributed by atoms with Crippen LogP contribution in [0.2, 0.25) is 5.02 Å². The number of rotatable bonds is 3. The molecule has 2 unspecified atom stereocenters. The van der Waals surface area contributed by atoms with Crippen molar-refractivity contribution in [3.8, 4) is 0 Å². The third-order valence-corrected chi connectivity index (χ3v) is 3.35. The van der Waals surface area contributed by atoms with E-state index < -0.39 is 0 Å². The molecule has 0 spiro atoms. The zero-order chi connectivity index (χ0) is 12.3. The van der Waals surface area contributed by atoms with E-state index in [2.05, 4.69) is 0 Å². The van der Waals surface area contributed by atoms with Gasteiger partial charge < -0.3 is 10.5 Å². The number of benzene rings is 1. The summed E-state index contributed by atoms with van der Waals surface area (Å²) >= 11 is 5.77. The first-order valence-electron chi connectivity index (χ1n) is 5.82. The lowest BCUT2D eigenvalue weighted by atomic mass is 10.1. The predicted molar refractivity (Wildman–Crippen MR) is 66.6 cm³/mol. The van der Waals surface area contributed by atoms with Crippen LogP contribution in [-0.4, -0.2) is 12.0 Å². The molecule has 0 radical (unpaired) electrons. The van der Waals surface area contributed by atoms with Crippen LogP contribution in [0.4, 0.5) is 0 Å². The average molecular weight is 254 g/mol. The number of halogens is 1. The lowest BCUT2D eigenvalue weighted by molar-refractivity contribution is -0.149. The molecule has 0 aromatic heterocycles. The zero-order valence-electron chi connectivity index (χ0n) is 9.56. The molecule has 2 atom stereocenters. The normalized spacial score (nSPS) is 23.6. The molecule has 0 bridgehead atoms. The first-order valence-corrected chi connectivity index (χ1v) is 6.19. The van der Waals surface area contributed by atoms with Gasteiger partial charge >= 0.3 is 5.97 Å². The van der Waals surface area contributed by atoms with Gasteiger partial charge in [-0.25, -0.2) is 0 Å². The van der Waals surface area contributed by atoms with E-state index in [4.69, 9.17) is 22.1 Å². The van der Waals surface area contributed by atoms with E-state index in [1.54, 1.807) is 12.1 Å². The quantitative estimate of drug-likeness (QED) is 0.842. The fourth-order valence-electron chi connectivity index (χ4n) is 2.08. The van der Waals surface area contributed by atoms with Crippen molar-refractivity contribution in [2.24, 2.45) is 11.7 Å². The van der Waals surface area contributed by atoms with E-state index in [1.807, 2.05) is 12.1 Å². The number of ether oxygens (including phenoxy) is 1. The molecule has 0 amide bonds. The van der Waals surface area contributed by atoms with Crippen LogP contribution < -0.4 is 5.73 Å². The van der Waals surface area contributed by atoms with E-state index in [0.29, 0.717) is 11.6 Å². The summed E-state index contributed by atoms with van der Waals surface area (Å²) < 4.78 is 5.26. The van der Waals surface area contributed by atoms with Gasteiger partial charge in [-0.3, -0.25) is 4.79 Å². The monoisotopic (exact) mass is 253 g/mol. The Kier molecular flexibility index (Phi) is 4.02. The van der Waals surface area contributed by atoms with Gasteiger partial charge in [-0.15, -0.1) is 0 Å². The highest BCUT2D eigenvalue weighted by atomic mass is 35.5. The van der Waals surface area contributed by atoms with E-state index in [1.165, 1.54) is 0 Å². The van der Waals surface area contributed by atoms with Gasteiger partial charge in [-0.05, 0) is 37.0 Å². The van der Waals surface area contributed by atoms with Crippen molar-refractivity contribution in [3.63, 3.8) is 0 Å². The second-order valence-corrected chi connectivity index (χ2v) is 4.94.